The second kappa shape index (κ2) is 9.27. The van der Waals surface area contributed by atoms with Crippen molar-refractivity contribution in [3.8, 4) is 17.0 Å². The van der Waals surface area contributed by atoms with Gasteiger partial charge < -0.3 is 4.74 Å². The predicted octanol–water partition coefficient (Wildman–Crippen LogP) is 2.20. The topological polar surface area (TPSA) is 102 Å². The average Bonchev–Trinajstić information content (AvgIpc) is 3.15. The van der Waals surface area contributed by atoms with Crippen molar-refractivity contribution in [2.45, 2.75) is 11.5 Å². The molecular formula is C17H15N3O4S. The molecular weight excluding hydrogens is 342 g/mol. The highest BCUT2D eigenvalue weighted by atomic mass is 32.2. The van der Waals surface area contributed by atoms with Crippen molar-refractivity contribution < 1.29 is 18.5 Å². The fraction of sp³-hybridized carbons (Fsp3) is 0.118. The van der Waals surface area contributed by atoms with E-state index in [1.54, 1.807) is 6.26 Å². The number of ether oxygens (including phenoxy) is 1. The molecule has 0 aliphatic rings. The first kappa shape index (κ1) is 18.3. The lowest BCUT2D eigenvalue weighted by Gasteiger charge is -2.06. The highest BCUT2D eigenvalue weighted by molar-refractivity contribution is 7.84. The Balaban J connectivity index is 0.000000701. The third-order valence-electron chi connectivity index (χ3n) is 3.25. The number of H-pyrrole nitrogens is 1. The molecule has 1 aromatic heterocycles. The summed E-state index contributed by atoms with van der Waals surface area (Å²) in [4.78, 5) is 17.1. The number of aromatic nitrogens is 3. The van der Waals surface area contributed by atoms with Crippen LogP contribution in [0.25, 0.3) is 11.1 Å². The maximum Gasteiger partial charge on any atom is 0.373 e. The maximum atomic E-state index is 11.4. The molecule has 0 saturated carbocycles. The number of nitrogens with one attached hydrogen (secondary N) is 1. The second-order valence-electron chi connectivity index (χ2n) is 4.86. The lowest BCUT2D eigenvalue weighted by atomic mass is 10.0. The van der Waals surface area contributed by atoms with Gasteiger partial charge in [-0.2, -0.15) is 19.9 Å². The number of aromatic amines is 1. The summed E-state index contributed by atoms with van der Waals surface area (Å²) < 4.78 is 16.9. The Labute approximate surface area is 146 Å². The van der Waals surface area contributed by atoms with Crippen LogP contribution in [0.3, 0.4) is 0 Å². The molecule has 0 aliphatic carbocycles. The molecule has 0 amide bonds. The van der Waals surface area contributed by atoms with Crippen LogP contribution in [0.4, 0.5) is 0 Å². The normalized spacial score (nSPS) is 10.9. The van der Waals surface area contributed by atoms with Gasteiger partial charge in [0, 0.05) is 22.0 Å². The Morgan fingerprint density at radius 2 is 1.60 bits per heavy atom. The molecule has 0 spiro atoms. The number of nitrogens with zero attached hydrogens (tertiary/aromatic N) is 2. The van der Waals surface area contributed by atoms with Crippen LogP contribution in [0.1, 0.15) is 5.56 Å². The van der Waals surface area contributed by atoms with Gasteiger partial charge in [0.15, 0.2) is 0 Å². The molecule has 128 valence electrons. The third kappa shape index (κ3) is 5.49. The van der Waals surface area contributed by atoms with E-state index in [-0.39, 0.29) is 6.15 Å². The van der Waals surface area contributed by atoms with Gasteiger partial charge in [-0.25, -0.2) is 0 Å². The molecule has 3 rings (SSSR count). The fourth-order valence-corrected chi connectivity index (χ4v) is 2.57. The van der Waals surface area contributed by atoms with Crippen LogP contribution in [0.5, 0.6) is 5.88 Å². The molecule has 0 bridgehead atoms. The SMILES string of the molecule is CS(=O)c1ccc(-c2ccc(COc3cn[nH]n3)cc2)cc1.O=C=O. The standard InChI is InChI=1S/C16H15N3O2S.CO2/c1-22(20)15-8-6-14(7-9-15)13-4-2-12(3-5-13)11-21-16-10-17-19-18-16;2-1-3/h2-10H,11H2,1H3,(H,17,18,19);. The van der Waals surface area contributed by atoms with Crippen LogP contribution in [-0.4, -0.2) is 32.0 Å². The molecule has 2 aromatic carbocycles. The fourth-order valence-electron chi connectivity index (χ4n) is 2.05. The molecule has 0 saturated heterocycles. The monoisotopic (exact) mass is 357 g/mol. The van der Waals surface area contributed by atoms with Crippen molar-refractivity contribution in [1.82, 2.24) is 15.4 Å². The van der Waals surface area contributed by atoms with Gasteiger partial charge >= 0.3 is 6.15 Å². The Hall–Kier alpha value is -3.09. The zero-order valence-electron chi connectivity index (χ0n) is 13.3. The molecule has 1 atom stereocenters. The quantitative estimate of drug-likeness (QED) is 0.751. The van der Waals surface area contributed by atoms with Gasteiger partial charge in [-0.15, -0.1) is 5.10 Å². The van der Waals surface area contributed by atoms with E-state index in [0.29, 0.717) is 12.5 Å². The first-order valence-corrected chi connectivity index (χ1v) is 8.70. The van der Waals surface area contributed by atoms with Gasteiger partial charge in [-0.05, 0) is 28.8 Å². The van der Waals surface area contributed by atoms with E-state index in [4.69, 9.17) is 14.3 Å². The van der Waals surface area contributed by atoms with Crippen LogP contribution < -0.4 is 4.74 Å². The number of hydrogen-bond donors (Lipinski definition) is 1. The van der Waals surface area contributed by atoms with Crippen LogP contribution in [0.2, 0.25) is 0 Å². The van der Waals surface area contributed by atoms with Crippen LogP contribution in [0.15, 0.2) is 59.6 Å². The number of hydrogen-bond acceptors (Lipinski definition) is 6. The molecule has 0 radical (unpaired) electrons. The summed E-state index contributed by atoms with van der Waals surface area (Å²) in [6.45, 7) is 0.445. The first-order chi connectivity index (χ1) is 12.1. The van der Waals surface area contributed by atoms with E-state index < -0.39 is 10.8 Å². The molecule has 1 heterocycles. The highest BCUT2D eigenvalue weighted by Crippen LogP contribution is 2.21. The van der Waals surface area contributed by atoms with Crippen LogP contribution in [-0.2, 0) is 27.0 Å². The van der Waals surface area contributed by atoms with E-state index in [9.17, 15) is 4.21 Å². The minimum absolute atomic E-state index is 0.250. The van der Waals surface area contributed by atoms with E-state index in [1.807, 2.05) is 48.5 Å². The van der Waals surface area contributed by atoms with E-state index in [0.717, 1.165) is 21.6 Å². The van der Waals surface area contributed by atoms with Crippen LogP contribution in [0, 0.1) is 0 Å². The Morgan fingerprint density at radius 1 is 1.04 bits per heavy atom. The minimum atomic E-state index is -0.945. The highest BCUT2D eigenvalue weighted by Gasteiger charge is 2.02. The zero-order chi connectivity index (χ0) is 18.1. The summed E-state index contributed by atoms with van der Waals surface area (Å²) >= 11 is 0. The molecule has 0 aliphatic heterocycles. The van der Waals surface area contributed by atoms with Crippen LogP contribution >= 0.6 is 0 Å². The third-order valence-corrected chi connectivity index (χ3v) is 4.19. The molecule has 8 heteroatoms. The lowest BCUT2D eigenvalue weighted by molar-refractivity contribution is -0.191. The second-order valence-corrected chi connectivity index (χ2v) is 6.24. The van der Waals surface area contributed by atoms with E-state index in [2.05, 4.69) is 15.4 Å². The minimum Gasteiger partial charge on any atom is -0.471 e. The van der Waals surface area contributed by atoms with E-state index in [1.165, 1.54) is 6.20 Å². The zero-order valence-corrected chi connectivity index (χ0v) is 14.2. The van der Waals surface area contributed by atoms with Crippen molar-refractivity contribution in [2.24, 2.45) is 0 Å². The molecule has 0 fully saturated rings. The van der Waals surface area contributed by atoms with Gasteiger partial charge in [0.2, 0.25) is 0 Å². The molecule has 1 unspecified atom stereocenters. The molecule has 25 heavy (non-hydrogen) atoms. The lowest BCUT2D eigenvalue weighted by Crippen LogP contribution is -1.95. The number of rotatable bonds is 5. The smallest absolute Gasteiger partial charge is 0.373 e. The van der Waals surface area contributed by atoms with Gasteiger partial charge in [-0.1, -0.05) is 36.4 Å². The van der Waals surface area contributed by atoms with Crippen molar-refractivity contribution in [2.75, 3.05) is 6.26 Å². The Bertz CT molecular complexity index is 841. The van der Waals surface area contributed by atoms with Crippen molar-refractivity contribution in [1.29, 1.82) is 0 Å². The summed E-state index contributed by atoms with van der Waals surface area (Å²) in [5.74, 6) is 0.479. The van der Waals surface area contributed by atoms with Crippen molar-refractivity contribution >= 4 is 17.0 Å². The van der Waals surface area contributed by atoms with Gasteiger partial charge in [0.1, 0.15) is 12.8 Å². The summed E-state index contributed by atoms with van der Waals surface area (Å²) in [6.07, 6.45) is 3.46. The molecule has 3 aromatic rings. The maximum absolute atomic E-state index is 11.4. The summed E-state index contributed by atoms with van der Waals surface area (Å²) in [7, 11) is -0.945. The summed E-state index contributed by atoms with van der Waals surface area (Å²) in [5.41, 5.74) is 3.26. The van der Waals surface area contributed by atoms with E-state index >= 15 is 0 Å². The van der Waals surface area contributed by atoms with Gasteiger partial charge in [-0.3, -0.25) is 4.21 Å². The molecule has 7 nitrogen and oxygen atoms in total. The van der Waals surface area contributed by atoms with Gasteiger partial charge in [0.05, 0.1) is 0 Å². The predicted molar refractivity (Wildman–Crippen MR) is 89.9 cm³/mol. The number of carbonyl (C=O) groups excluding carboxylic acids is 2. The summed E-state index contributed by atoms with van der Waals surface area (Å²) in [6, 6.07) is 15.9. The summed E-state index contributed by atoms with van der Waals surface area (Å²) in [5, 5.41) is 10.0. The number of benzene rings is 2. The van der Waals surface area contributed by atoms with Gasteiger partial charge in [0.25, 0.3) is 5.88 Å². The van der Waals surface area contributed by atoms with Crippen molar-refractivity contribution in [3.63, 3.8) is 0 Å². The Morgan fingerprint density at radius 3 is 2.08 bits per heavy atom. The molecule has 1 N–H and O–H groups in total. The average molecular weight is 357 g/mol. The first-order valence-electron chi connectivity index (χ1n) is 7.14. The largest absolute Gasteiger partial charge is 0.471 e. The van der Waals surface area contributed by atoms with Crippen molar-refractivity contribution in [3.05, 3.63) is 60.3 Å². The Kier molecular flexibility index (Phi) is 6.76.